The van der Waals surface area contributed by atoms with Crippen molar-refractivity contribution in [3.8, 4) is 0 Å². The second-order valence-electron chi connectivity index (χ2n) is 4.74. The molecule has 1 aliphatic rings. The average Bonchev–Trinajstić information content (AvgIpc) is 2.23. The first-order chi connectivity index (χ1) is 6.82. The molecule has 0 saturated carbocycles. The van der Waals surface area contributed by atoms with Gasteiger partial charge in [0.1, 0.15) is 0 Å². The van der Waals surface area contributed by atoms with Crippen LogP contribution in [0.2, 0.25) is 0 Å². The fourth-order valence-electron chi connectivity index (χ4n) is 1.64. The van der Waals surface area contributed by atoms with Gasteiger partial charge >= 0.3 is 10.4 Å². The number of hydrogen-bond acceptors (Lipinski definition) is 4. The quantitative estimate of drug-likeness (QED) is 0.737. The van der Waals surface area contributed by atoms with Gasteiger partial charge in [0.15, 0.2) is 0 Å². The summed E-state index contributed by atoms with van der Waals surface area (Å²) in [5.74, 6) is 0.378. The lowest BCUT2D eigenvalue weighted by atomic mass is 9.96. The fourth-order valence-corrected chi connectivity index (χ4v) is 2.93. The Morgan fingerprint density at radius 3 is 1.53 bits per heavy atom. The Balaban J connectivity index is 2.78. The predicted molar refractivity (Wildman–Crippen MR) is 57.6 cm³/mol. The van der Waals surface area contributed by atoms with Crippen molar-refractivity contribution in [3.63, 3.8) is 0 Å². The van der Waals surface area contributed by atoms with Crippen LogP contribution < -0.4 is 0 Å². The van der Waals surface area contributed by atoms with Gasteiger partial charge in [-0.2, -0.15) is 8.42 Å². The lowest BCUT2D eigenvalue weighted by Crippen LogP contribution is -2.23. The molecule has 90 valence electrons. The minimum atomic E-state index is -3.81. The van der Waals surface area contributed by atoms with Crippen LogP contribution in [0.3, 0.4) is 0 Å². The molecule has 1 fully saturated rings. The highest BCUT2D eigenvalue weighted by atomic mass is 32.3. The molecule has 0 bridgehead atoms. The summed E-state index contributed by atoms with van der Waals surface area (Å²) in [5, 5.41) is 0. The van der Waals surface area contributed by atoms with E-state index in [1.165, 1.54) is 0 Å². The van der Waals surface area contributed by atoms with Gasteiger partial charge in [-0.1, -0.05) is 27.7 Å². The second-order valence-corrected chi connectivity index (χ2v) is 5.94. The summed E-state index contributed by atoms with van der Waals surface area (Å²) in [5.41, 5.74) is 0. The monoisotopic (exact) mass is 236 g/mol. The number of hydrogen-bond donors (Lipinski definition) is 0. The van der Waals surface area contributed by atoms with E-state index in [9.17, 15) is 8.42 Å². The van der Waals surface area contributed by atoms with Gasteiger partial charge in [0, 0.05) is 0 Å². The standard InChI is InChI=1S/C10H20O4S/c1-7(2)9-5-6-10(8(3)4)14-15(11,12)13-9/h7-10H,5-6H2,1-4H3/t9-,10-/m0/s1. The molecule has 0 aromatic rings. The molecule has 0 radical (unpaired) electrons. The lowest BCUT2D eigenvalue weighted by Gasteiger charge is -2.16. The summed E-state index contributed by atoms with van der Waals surface area (Å²) in [6.07, 6.45) is 0.969. The molecule has 5 heteroatoms. The van der Waals surface area contributed by atoms with Crippen LogP contribution in [0.5, 0.6) is 0 Å². The van der Waals surface area contributed by atoms with Crippen LogP contribution in [0.1, 0.15) is 40.5 Å². The zero-order valence-electron chi connectivity index (χ0n) is 9.76. The van der Waals surface area contributed by atoms with Crippen molar-refractivity contribution in [2.75, 3.05) is 0 Å². The maximum absolute atomic E-state index is 11.5. The zero-order valence-corrected chi connectivity index (χ0v) is 10.6. The molecule has 1 rings (SSSR count). The first-order valence-corrected chi connectivity index (χ1v) is 6.76. The van der Waals surface area contributed by atoms with E-state index >= 15 is 0 Å². The van der Waals surface area contributed by atoms with Crippen molar-refractivity contribution >= 4 is 10.4 Å². The highest BCUT2D eigenvalue weighted by Crippen LogP contribution is 2.26. The van der Waals surface area contributed by atoms with Crippen LogP contribution in [0.15, 0.2) is 0 Å². The van der Waals surface area contributed by atoms with Gasteiger partial charge in [-0.25, -0.2) is 8.37 Å². The van der Waals surface area contributed by atoms with Crippen LogP contribution in [0.25, 0.3) is 0 Å². The summed E-state index contributed by atoms with van der Waals surface area (Å²) >= 11 is 0. The minimum Gasteiger partial charge on any atom is -0.245 e. The van der Waals surface area contributed by atoms with Crippen LogP contribution in [0, 0.1) is 11.8 Å². The SMILES string of the molecule is CC(C)[C@@H]1CC[C@@H](C(C)C)OS(=O)(=O)O1. The lowest BCUT2D eigenvalue weighted by molar-refractivity contribution is 0.124. The van der Waals surface area contributed by atoms with Crippen molar-refractivity contribution in [2.45, 2.75) is 52.7 Å². The van der Waals surface area contributed by atoms with Crippen LogP contribution in [-0.4, -0.2) is 20.6 Å². The zero-order chi connectivity index (χ0) is 11.6. The smallest absolute Gasteiger partial charge is 0.245 e. The van der Waals surface area contributed by atoms with Crippen molar-refractivity contribution < 1.29 is 16.8 Å². The van der Waals surface area contributed by atoms with E-state index in [0.717, 1.165) is 12.8 Å². The van der Waals surface area contributed by atoms with Crippen LogP contribution >= 0.6 is 0 Å². The minimum absolute atomic E-state index is 0.189. The Morgan fingerprint density at radius 2 is 1.27 bits per heavy atom. The van der Waals surface area contributed by atoms with Gasteiger partial charge < -0.3 is 0 Å². The summed E-state index contributed by atoms with van der Waals surface area (Å²) in [6, 6.07) is 0. The molecule has 0 aliphatic carbocycles. The van der Waals surface area contributed by atoms with Crippen molar-refractivity contribution in [3.05, 3.63) is 0 Å². The molecule has 15 heavy (non-hydrogen) atoms. The molecule has 0 amide bonds. The predicted octanol–water partition coefficient (Wildman–Crippen LogP) is 2.11. The molecule has 1 aliphatic heterocycles. The van der Waals surface area contributed by atoms with Crippen molar-refractivity contribution in [1.29, 1.82) is 0 Å². The van der Waals surface area contributed by atoms with Gasteiger partial charge in [-0.3, -0.25) is 0 Å². The molecule has 0 N–H and O–H groups in total. The van der Waals surface area contributed by atoms with E-state index in [-0.39, 0.29) is 24.0 Å². The molecule has 2 atom stereocenters. The van der Waals surface area contributed by atoms with Gasteiger partial charge in [0.25, 0.3) is 0 Å². The molecule has 0 unspecified atom stereocenters. The topological polar surface area (TPSA) is 52.6 Å². The Morgan fingerprint density at radius 1 is 0.933 bits per heavy atom. The van der Waals surface area contributed by atoms with E-state index in [1.807, 2.05) is 27.7 Å². The summed E-state index contributed by atoms with van der Waals surface area (Å²) in [7, 11) is -3.81. The normalized spacial score (nSPS) is 31.9. The highest BCUT2D eigenvalue weighted by Gasteiger charge is 2.32. The van der Waals surface area contributed by atoms with E-state index in [4.69, 9.17) is 8.37 Å². The van der Waals surface area contributed by atoms with E-state index < -0.39 is 10.4 Å². The van der Waals surface area contributed by atoms with Crippen LogP contribution in [-0.2, 0) is 18.8 Å². The maximum Gasteiger partial charge on any atom is 0.400 e. The highest BCUT2D eigenvalue weighted by molar-refractivity contribution is 7.81. The molecule has 4 nitrogen and oxygen atoms in total. The van der Waals surface area contributed by atoms with E-state index in [0.29, 0.717) is 0 Å². The van der Waals surface area contributed by atoms with Gasteiger partial charge in [0.05, 0.1) is 12.2 Å². The molecular formula is C10H20O4S. The van der Waals surface area contributed by atoms with E-state index in [2.05, 4.69) is 0 Å². The summed E-state index contributed by atoms with van der Waals surface area (Å²) < 4.78 is 32.9. The fraction of sp³-hybridized carbons (Fsp3) is 1.00. The molecule has 0 spiro atoms. The van der Waals surface area contributed by atoms with Gasteiger partial charge in [0.2, 0.25) is 0 Å². The van der Waals surface area contributed by atoms with Crippen LogP contribution in [0.4, 0.5) is 0 Å². The molecule has 0 aromatic heterocycles. The van der Waals surface area contributed by atoms with Gasteiger partial charge in [-0.05, 0) is 24.7 Å². The Hall–Kier alpha value is -0.130. The summed E-state index contributed by atoms with van der Waals surface area (Å²) in [6.45, 7) is 7.82. The molecular weight excluding hydrogens is 216 g/mol. The van der Waals surface area contributed by atoms with Crippen molar-refractivity contribution in [1.82, 2.24) is 0 Å². The Bertz CT molecular complexity index is 271. The second kappa shape index (κ2) is 4.80. The first-order valence-electron chi connectivity index (χ1n) is 5.43. The number of rotatable bonds is 2. The Kier molecular flexibility index (Phi) is 4.14. The molecule has 1 heterocycles. The first kappa shape index (κ1) is 12.9. The third-order valence-corrected chi connectivity index (χ3v) is 3.67. The largest absolute Gasteiger partial charge is 0.400 e. The summed E-state index contributed by atoms with van der Waals surface area (Å²) in [4.78, 5) is 0. The Labute approximate surface area is 92.3 Å². The third-order valence-electron chi connectivity index (χ3n) is 2.71. The average molecular weight is 236 g/mol. The van der Waals surface area contributed by atoms with Crippen molar-refractivity contribution in [2.24, 2.45) is 11.8 Å². The third kappa shape index (κ3) is 3.74. The molecule has 0 aromatic carbocycles. The maximum atomic E-state index is 11.5. The molecule has 1 saturated heterocycles. The van der Waals surface area contributed by atoms with E-state index in [1.54, 1.807) is 0 Å². The van der Waals surface area contributed by atoms with Gasteiger partial charge in [-0.15, -0.1) is 0 Å².